The van der Waals surface area contributed by atoms with E-state index in [9.17, 15) is 18.4 Å². The van der Waals surface area contributed by atoms with Crippen molar-refractivity contribution >= 4 is 29.1 Å². The first-order valence-electron chi connectivity index (χ1n) is 9.39. The molecular formula is C22H17ClF2N2O4. The highest BCUT2D eigenvalue weighted by molar-refractivity contribution is 6.32. The maximum Gasteiger partial charge on any atom is 0.387 e. The molecule has 0 aliphatic carbocycles. The van der Waals surface area contributed by atoms with Gasteiger partial charge in [-0.2, -0.15) is 8.78 Å². The van der Waals surface area contributed by atoms with Crippen LogP contribution >= 0.6 is 11.6 Å². The molecule has 1 N–H and O–H groups in total. The van der Waals surface area contributed by atoms with Gasteiger partial charge in [-0.05, 0) is 41.5 Å². The van der Waals surface area contributed by atoms with Crippen molar-refractivity contribution in [3.05, 3.63) is 82.8 Å². The van der Waals surface area contributed by atoms with Crippen LogP contribution in [0.5, 0.6) is 5.75 Å². The fourth-order valence-electron chi connectivity index (χ4n) is 3.51. The number of carbonyl (C=O) groups is 2. The van der Waals surface area contributed by atoms with Crippen molar-refractivity contribution in [3.8, 4) is 5.75 Å². The fraction of sp³-hybridized carbons (Fsp3) is 0.182. The van der Waals surface area contributed by atoms with Gasteiger partial charge in [-0.1, -0.05) is 35.9 Å². The summed E-state index contributed by atoms with van der Waals surface area (Å²) < 4.78 is 34.4. The molecule has 160 valence electrons. The Bertz CT molecular complexity index is 1100. The van der Waals surface area contributed by atoms with Gasteiger partial charge < -0.3 is 19.4 Å². The molecule has 1 aromatic heterocycles. The largest absolute Gasteiger partial charge is 0.459 e. The molecule has 1 atom stereocenters. The lowest BCUT2D eigenvalue weighted by atomic mass is 9.93. The van der Waals surface area contributed by atoms with Crippen LogP contribution in [0.25, 0.3) is 0 Å². The van der Waals surface area contributed by atoms with Crippen molar-refractivity contribution in [2.75, 3.05) is 5.32 Å². The minimum Gasteiger partial charge on any atom is -0.459 e. The summed E-state index contributed by atoms with van der Waals surface area (Å²) in [7, 11) is 0. The van der Waals surface area contributed by atoms with Crippen molar-refractivity contribution in [2.24, 2.45) is 0 Å². The van der Waals surface area contributed by atoms with E-state index in [1.165, 1.54) is 29.4 Å². The van der Waals surface area contributed by atoms with Crippen LogP contribution < -0.4 is 10.1 Å². The molecule has 0 fully saturated rings. The first-order valence-corrected chi connectivity index (χ1v) is 9.76. The number of nitrogens with zero attached hydrogens (tertiary/aromatic N) is 1. The molecule has 0 saturated heterocycles. The third-order valence-corrected chi connectivity index (χ3v) is 5.25. The summed E-state index contributed by atoms with van der Waals surface area (Å²) in [5.41, 5.74) is 2.20. The maximum absolute atomic E-state index is 13.1. The van der Waals surface area contributed by atoms with Gasteiger partial charge in [-0.3, -0.25) is 9.59 Å². The number of amides is 2. The van der Waals surface area contributed by atoms with Gasteiger partial charge in [-0.25, -0.2) is 0 Å². The van der Waals surface area contributed by atoms with Crippen molar-refractivity contribution in [1.29, 1.82) is 0 Å². The van der Waals surface area contributed by atoms with Crippen LogP contribution in [0.3, 0.4) is 0 Å². The molecule has 4 rings (SSSR count). The summed E-state index contributed by atoms with van der Waals surface area (Å²) in [5.74, 6) is -0.907. The standard InChI is InChI=1S/C22H17ClF2N2O4/c23-16-11-15(7-8-18(16)31-22(24)25)26-20(28)17-10-13-4-1-2-5-14(13)12-27(17)21(29)19-6-3-9-30-19/h1-9,11,17,22H,10,12H2,(H,26,28). The quantitative estimate of drug-likeness (QED) is 0.614. The van der Waals surface area contributed by atoms with E-state index < -0.39 is 24.5 Å². The van der Waals surface area contributed by atoms with Gasteiger partial charge in [0, 0.05) is 18.7 Å². The molecule has 2 heterocycles. The average molecular weight is 447 g/mol. The minimum atomic E-state index is -3.01. The Balaban J connectivity index is 1.58. The molecule has 0 bridgehead atoms. The molecule has 1 aliphatic rings. The van der Waals surface area contributed by atoms with Crippen LogP contribution in [0.2, 0.25) is 5.02 Å². The van der Waals surface area contributed by atoms with Crippen molar-refractivity contribution < 1.29 is 27.5 Å². The number of benzene rings is 2. The predicted octanol–water partition coefficient (Wildman–Crippen LogP) is 4.74. The molecule has 0 spiro atoms. The van der Waals surface area contributed by atoms with E-state index in [1.54, 1.807) is 12.1 Å². The van der Waals surface area contributed by atoms with Gasteiger partial charge in [-0.15, -0.1) is 0 Å². The van der Waals surface area contributed by atoms with Crippen LogP contribution in [-0.4, -0.2) is 29.4 Å². The number of alkyl halides is 2. The molecule has 9 heteroatoms. The number of halogens is 3. The Morgan fingerprint density at radius 2 is 1.90 bits per heavy atom. The number of ether oxygens (including phenoxy) is 1. The highest BCUT2D eigenvalue weighted by Gasteiger charge is 2.36. The SMILES string of the molecule is O=C(Nc1ccc(OC(F)F)c(Cl)c1)C1Cc2ccccc2CN1C(=O)c1ccco1. The third-order valence-electron chi connectivity index (χ3n) is 4.96. The van der Waals surface area contributed by atoms with E-state index in [1.807, 2.05) is 24.3 Å². The zero-order valence-corrected chi connectivity index (χ0v) is 16.8. The van der Waals surface area contributed by atoms with Crippen LogP contribution in [-0.2, 0) is 17.8 Å². The van der Waals surface area contributed by atoms with Gasteiger partial charge >= 0.3 is 6.61 Å². The maximum atomic E-state index is 13.1. The van der Waals surface area contributed by atoms with E-state index in [2.05, 4.69) is 10.1 Å². The van der Waals surface area contributed by atoms with E-state index in [-0.39, 0.29) is 23.1 Å². The number of rotatable bonds is 5. The average Bonchev–Trinajstić information content (AvgIpc) is 3.29. The van der Waals surface area contributed by atoms with Gasteiger partial charge in [0.15, 0.2) is 5.76 Å². The Kier molecular flexibility index (Phi) is 5.90. The molecule has 3 aromatic rings. The van der Waals surface area contributed by atoms with Crippen molar-refractivity contribution in [3.63, 3.8) is 0 Å². The summed E-state index contributed by atoms with van der Waals surface area (Å²) >= 11 is 5.97. The summed E-state index contributed by atoms with van der Waals surface area (Å²) in [4.78, 5) is 27.5. The molecule has 1 unspecified atom stereocenters. The highest BCUT2D eigenvalue weighted by Crippen LogP contribution is 2.30. The molecule has 0 radical (unpaired) electrons. The molecule has 1 aliphatic heterocycles. The molecule has 31 heavy (non-hydrogen) atoms. The van der Waals surface area contributed by atoms with Gasteiger partial charge in [0.25, 0.3) is 5.91 Å². The second kappa shape index (κ2) is 8.77. The number of nitrogens with one attached hydrogen (secondary N) is 1. The number of anilines is 1. The molecule has 2 aromatic carbocycles. The third kappa shape index (κ3) is 4.54. The zero-order valence-electron chi connectivity index (χ0n) is 16.1. The second-order valence-corrected chi connectivity index (χ2v) is 7.32. The van der Waals surface area contributed by atoms with E-state index in [0.717, 1.165) is 11.1 Å². The van der Waals surface area contributed by atoms with Crippen molar-refractivity contribution in [1.82, 2.24) is 4.90 Å². The topological polar surface area (TPSA) is 71.8 Å². The van der Waals surface area contributed by atoms with Crippen LogP contribution in [0.1, 0.15) is 21.7 Å². The number of carbonyl (C=O) groups excluding carboxylic acids is 2. The molecular weight excluding hydrogens is 430 g/mol. The normalized spacial score (nSPS) is 15.5. The summed E-state index contributed by atoms with van der Waals surface area (Å²) in [5, 5.41) is 2.63. The minimum absolute atomic E-state index is 0.0735. The van der Waals surface area contributed by atoms with Crippen molar-refractivity contribution in [2.45, 2.75) is 25.6 Å². The monoisotopic (exact) mass is 446 g/mol. The zero-order chi connectivity index (χ0) is 22.0. The summed E-state index contributed by atoms with van der Waals surface area (Å²) in [6, 6.07) is 13.9. The Labute approximate surface area is 181 Å². The lowest BCUT2D eigenvalue weighted by Gasteiger charge is -2.35. The highest BCUT2D eigenvalue weighted by atomic mass is 35.5. The molecule has 0 saturated carbocycles. The van der Waals surface area contributed by atoms with E-state index in [4.69, 9.17) is 16.0 Å². The first kappa shape index (κ1) is 20.9. The molecule has 2 amide bonds. The summed E-state index contributed by atoms with van der Waals surface area (Å²) in [6.07, 6.45) is 1.71. The lowest BCUT2D eigenvalue weighted by molar-refractivity contribution is -0.121. The number of furan rings is 1. The molecule has 6 nitrogen and oxygen atoms in total. The van der Waals surface area contributed by atoms with Crippen LogP contribution in [0.4, 0.5) is 14.5 Å². The predicted molar refractivity (Wildman–Crippen MR) is 109 cm³/mol. The lowest BCUT2D eigenvalue weighted by Crippen LogP contribution is -2.50. The number of hydrogen-bond donors (Lipinski definition) is 1. The van der Waals surface area contributed by atoms with Crippen LogP contribution in [0.15, 0.2) is 65.3 Å². The Morgan fingerprint density at radius 1 is 1.13 bits per heavy atom. The second-order valence-electron chi connectivity index (χ2n) is 6.91. The smallest absolute Gasteiger partial charge is 0.387 e. The van der Waals surface area contributed by atoms with E-state index in [0.29, 0.717) is 12.1 Å². The van der Waals surface area contributed by atoms with Gasteiger partial charge in [0.2, 0.25) is 5.91 Å². The first-order chi connectivity index (χ1) is 14.9. The number of fused-ring (bicyclic) bond motifs is 1. The Morgan fingerprint density at radius 3 is 2.58 bits per heavy atom. The van der Waals surface area contributed by atoms with Crippen LogP contribution in [0, 0.1) is 0 Å². The van der Waals surface area contributed by atoms with Gasteiger partial charge in [0.1, 0.15) is 11.8 Å². The van der Waals surface area contributed by atoms with Gasteiger partial charge in [0.05, 0.1) is 11.3 Å². The fourth-order valence-corrected chi connectivity index (χ4v) is 3.73. The van der Waals surface area contributed by atoms with E-state index >= 15 is 0 Å². The number of hydrogen-bond acceptors (Lipinski definition) is 4. The summed E-state index contributed by atoms with van der Waals surface area (Å²) in [6.45, 7) is -2.77. The Hall–Kier alpha value is -3.39.